The SMILES string of the molecule is C=C/C=C(\C=C)C/C=C/Sc1ccc(OC)cc1. The van der Waals surface area contributed by atoms with E-state index in [9.17, 15) is 0 Å². The van der Waals surface area contributed by atoms with Crippen LogP contribution in [0.4, 0.5) is 0 Å². The molecule has 0 amide bonds. The summed E-state index contributed by atoms with van der Waals surface area (Å²) in [6.45, 7) is 7.44. The number of hydrogen-bond acceptors (Lipinski definition) is 2. The lowest BCUT2D eigenvalue weighted by Gasteiger charge is -2.00. The lowest BCUT2D eigenvalue weighted by molar-refractivity contribution is 0.414. The predicted octanol–water partition coefficient (Wildman–Crippen LogP) is 4.99. The van der Waals surface area contributed by atoms with E-state index in [1.165, 1.54) is 4.90 Å². The summed E-state index contributed by atoms with van der Waals surface area (Å²) in [6, 6.07) is 8.01. The van der Waals surface area contributed by atoms with Crippen molar-refractivity contribution >= 4 is 11.8 Å². The molecule has 0 atom stereocenters. The molecule has 0 radical (unpaired) electrons. The second-order valence-electron chi connectivity index (χ2n) is 3.55. The van der Waals surface area contributed by atoms with Crippen LogP contribution in [0, 0.1) is 0 Å². The largest absolute Gasteiger partial charge is 0.497 e. The molecule has 2 heteroatoms. The summed E-state index contributed by atoms with van der Waals surface area (Å²) in [4.78, 5) is 1.19. The van der Waals surface area contributed by atoms with Crippen LogP contribution in [0.25, 0.3) is 0 Å². The molecule has 1 aromatic rings. The quantitative estimate of drug-likeness (QED) is 0.503. The van der Waals surface area contributed by atoms with Crippen molar-refractivity contribution in [2.24, 2.45) is 0 Å². The molecule has 0 fully saturated rings. The van der Waals surface area contributed by atoms with E-state index < -0.39 is 0 Å². The third kappa shape index (κ3) is 5.11. The van der Waals surface area contributed by atoms with Crippen LogP contribution in [0.15, 0.2) is 77.6 Å². The second kappa shape index (κ2) is 8.43. The van der Waals surface area contributed by atoms with Crippen molar-refractivity contribution in [3.05, 3.63) is 72.7 Å². The van der Waals surface area contributed by atoms with Crippen LogP contribution in [-0.2, 0) is 0 Å². The first-order chi connectivity index (χ1) is 8.80. The minimum absolute atomic E-state index is 0.874. The lowest BCUT2D eigenvalue weighted by atomic mass is 10.2. The maximum atomic E-state index is 5.11. The topological polar surface area (TPSA) is 9.23 Å². The molecule has 0 bridgehead atoms. The molecular formula is C16H18OS. The van der Waals surface area contributed by atoms with Crippen LogP contribution in [0.1, 0.15) is 6.42 Å². The Labute approximate surface area is 114 Å². The van der Waals surface area contributed by atoms with E-state index in [4.69, 9.17) is 4.74 Å². The van der Waals surface area contributed by atoms with Gasteiger partial charge >= 0.3 is 0 Å². The fourth-order valence-electron chi connectivity index (χ4n) is 1.34. The maximum absolute atomic E-state index is 5.11. The molecule has 0 unspecified atom stereocenters. The molecule has 1 rings (SSSR count). The molecule has 1 nitrogen and oxygen atoms in total. The highest BCUT2D eigenvalue weighted by Gasteiger charge is 1.92. The number of hydrogen-bond donors (Lipinski definition) is 0. The smallest absolute Gasteiger partial charge is 0.118 e. The number of benzene rings is 1. The molecule has 0 aliphatic carbocycles. The van der Waals surface area contributed by atoms with E-state index >= 15 is 0 Å². The van der Waals surface area contributed by atoms with Gasteiger partial charge in [-0.1, -0.05) is 49.2 Å². The van der Waals surface area contributed by atoms with E-state index in [1.807, 2.05) is 36.4 Å². The van der Waals surface area contributed by atoms with E-state index in [-0.39, 0.29) is 0 Å². The third-order valence-electron chi connectivity index (χ3n) is 2.31. The molecule has 0 saturated heterocycles. The fourth-order valence-corrected chi connectivity index (χ4v) is 1.98. The number of methoxy groups -OCH3 is 1. The third-order valence-corrected chi connectivity index (χ3v) is 3.18. The zero-order valence-electron chi connectivity index (χ0n) is 10.6. The van der Waals surface area contributed by atoms with E-state index in [2.05, 4.69) is 24.6 Å². The first-order valence-electron chi connectivity index (χ1n) is 5.70. The van der Waals surface area contributed by atoms with Crippen molar-refractivity contribution < 1.29 is 4.74 Å². The van der Waals surface area contributed by atoms with Crippen molar-refractivity contribution in [2.75, 3.05) is 7.11 Å². The Bertz CT molecular complexity index is 441. The molecule has 0 N–H and O–H groups in total. The summed E-state index contributed by atoms with van der Waals surface area (Å²) >= 11 is 1.69. The molecule has 1 aromatic carbocycles. The lowest BCUT2D eigenvalue weighted by Crippen LogP contribution is -1.80. The molecular weight excluding hydrogens is 240 g/mol. The standard InChI is InChI=1S/C16H18OS/c1-4-7-14(5-2)8-6-13-18-16-11-9-15(17-3)10-12-16/h4-7,9-13H,1-2,8H2,3H3/b13-6+,14-7+. The van der Waals surface area contributed by atoms with Crippen molar-refractivity contribution in [3.8, 4) is 5.75 Å². The van der Waals surface area contributed by atoms with Crippen LogP contribution < -0.4 is 4.74 Å². The number of allylic oxidation sites excluding steroid dienone is 5. The molecule has 0 aliphatic heterocycles. The van der Waals surface area contributed by atoms with Gasteiger partial charge in [0.25, 0.3) is 0 Å². The summed E-state index contributed by atoms with van der Waals surface area (Å²) in [6.07, 6.45) is 8.59. The van der Waals surface area contributed by atoms with Crippen molar-refractivity contribution in [1.29, 1.82) is 0 Å². The van der Waals surface area contributed by atoms with Crippen molar-refractivity contribution in [3.63, 3.8) is 0 Å². The maximum Gasteiger partial charge on any atom is 0.118 e. The molecule has 94 valence electrons. The van der Waals surface area contributed by atoms with Gasteiger partial charge in [0, 0.05) is 4.90 Å². The minimum Gasteiger partial charge on any atom is -0.497 e. The Morgan fingerprint density at radius 2 is 2.00 bits per heavy atom. The summed E-state index contributed by atoms with van der Waals surface area (Å²) in [5.41, 5.74) is 1.16. The predicted molar refractivity (Wildman–Crippen MR) is 81.1 cm³/mol. The number of thioether (sulfide) groups is 1. The van der Waals surface area contributed by atoms with Gasteiger partial charge in [0.1, 0.15) is 5.75 Å². The molecule has 18 heavy (non-hydrogen) atoms. The van der Waals surface area contributed by atoms with E-state index in [0.717, 1.165) is 17.7 Å². The Balaban J connectivity index is 2.46. The van der Waals surface area contributed by atoms with Crippen molar-refractivity contribution in [1.82, 2.24) is 0 Å². The first kappa shape index (κ1) is 14.4. The zero-order valence-corrected chi connectivity index (χ0v) is 11.5. The highest BCUT2D eigenvalue weighted by molar-refractivity contribution is 8.02. The molecule has 0 spiro atoms. The Morgan fingerprint density at radius 3 is 2.56 bits per heavy atom. The summed E-state index contributed by atoms with van der Waals surface area (Å²) in [7, 11) is 1.67. The van der Waals surface area contributed by atoms with Gasteiger partial charge in [-0.2, -0.15) is 0 Å². The van der Waals surface area contributed by atoms with Gasteiger partial charge in [-0.15, -0.1) is 0 Å². The van der Waals surface area contributed by atoms with Gasteiger partial charge in [0.2, 0.25) is 0 Å². The minimum atomic E-state index is 0.874. The fraction of sp³-hybridized carbons (Fsp3) is 0.125. The Hall–Kier alpha value is -1.67. The monoisotopic (exact) mass is 258 g/mol. The number of ether oxygens (including phenoxy) is 1. The molecule has 0 aliphatic rings. The molecule has 0 aromatic heterocycles. The normalized spacial score (nSPS) is 11.5. The average Bonchev–Trinajstić information content (AvgIpc) is 2.43. The summed E-state index contributed by atoms with van der Waals surface area (Å²) in [5, 5.41) is 2.09. The Morgan fingerprint density at radius 1 is 1.28 bits per heavy atom. The van der Waals surface area contributed by atoms with Crippen LogP contribution >= 0.6 is 11.8 Å². The van der Waals surface area contributed by atoms with E-state index in [1.54, 1.807) is 24.9 Å². The van der Waals surface area contributed by atoms with Crippen LogP contribution in [0.2, 0.25) is 0 Å². The number of rotatable bonds is 7. The van der Waals surface area contributed by atoms with Gasteiger partial charge < -0.3 is 4.74 Å². The van der Waals surface area contributed by atoms with Crippen LogP contribution in [0.3, 0.4) is 0 Å². The zero-order chi connectivity index (χ0) is 13.2. The highest BCUT2D eigenvalue weighted by atomic mass is 32.2. The van der Waals surface area contributed by atoms with Gasteiger partial charge in [-0.3, -0.25) is 0 Å². The molecule has 0 heterocycles. The van der Waals surface area contributed by atoms with E-state index in [0.29, 0.717) is 0 Å². The van der Waals surface area contributed by atoms with Gasteiger partial charge in [-0.05, 0) is 41.7 Å². The molecule has 0 saturated carbocycles. The second-order valence-corrected chi connectivity index (χ2v) is 4.53. The average molecular weight is 258 g/mol. The summed E-state index contributed by atoms with van der Waals surface area (Å²) in [5.74, 6) is 0.881. The van der Waals surface area contributed by atoms with Crippen LogP contribution in [-0.4, -0.2) is 7.11 Å². The summed E-state index contributed by atoms with van der Waals surface area (Å²) < 4.78 is 5.11. The first-order valence-corrected chi connectivity index (χ1v) is 6.58. The van der Waals surface area contributed by atoms with Gasteiger partial charge in [0.05, 0.1) is 7.11 Å². The van der Waals surface area contributed by atoms with Gasteiger partial charge in [-0.25, -0.2) is 0 Å². The van der Waals surface area contributed by atoms with Crippen molar-refractivity contribution in [2.45, 2.75) is 11.3 Å². The van der Waals surface area contributed by atoms with Crippen LogP contribution in [0.5, 0.6) is 5.75 Å². The Kier molecular flexibility index (Phi) is 6.74. The highest BCUT2D eigenvalue weighted by Crippen LogP contribution is 2.22. The van der Waals surface area contributed by atoms with Gasteiger partial charge in [0.15, 0.2) is 0 Å².